The Morgan fingerprint density at radius 3 is 2.57 bits per heavy atom. The average Bonchev–Trinajstić information content (AvgIpc) is 3.39. The topological polar surface area (TPSA) is 101 Å². The second-order valence-corrected chi connectivity index (χ2v) is 8.49. The monoisotopic (exact) mass is 391 g/mol. The van der Waals surface area contributed by atoms with E-state index in [-0.39, 0.29) is 23.7 Å². The summed E-state index contributed by atoms with van der Waals surface area (Å²) in [5.74, 6) is -0.112. The SMILES string of the molecule is O=C(O)CCC12CN(CCn3cnnc3)CC1CN(C(=O)C1CCOCC1)C2. The van der Waals surface area contributed by atoms with Crippen molar-refractivity contribution >= 4 is 11.9 Å². The van der Waals surface area contributed by atoms with Crippen LogP contribution in [0.3, 0.4) is 0 Å². The van der Waals surface area contributed by atoms with Crippen molar-refractivity contribution in [1.29, 1.82) is 0 Å². The molecule has 2 unspecified atom stereocenters. The fraction of sp³-hybridized carbons (Fsp3) is 0.789. The number of aromatic nitrogens is 3. The zero-order valence-electron chi connectivity index (χ0n) is 16.2. The molecule has 3 fully saturated rings. The lowest BCUT2D eigenvalue weighted by Crippen LogP contribution is -2.41. The Balaban J connectivity index is 1.40. The van der Waals surface area contributed by atoms with E-state index in [1.165, 1.54) is 0 Å². The van der Waals surface area contributed by atoms with Gasteiger partial charge >= 0.3 is 5.97 Å². The first-order valence-corrected chi connectivity index (χ1v) is 10.2. The first-order valence-electron chi connectivity index (χ1n) is 10.2. The average molecular weight is 391 g/mol. The van der Waals surface area contributed by atoms with Gasteiger partial charge in [0, 0.05) is 70.2 Å². The van der Waals surface area contributed by atoms with Gasteiger partial charge in [0.15, 0.2) is 0 Å². The molecule has 0 spiro atoms. The number of aliphatic carboxylic acids is 1. The van der Waals surface area contributed by atoms with Crippen LogP contribution in [0.15, 0.2) is 12.7 Å². The van der Waals surface area contributed by atoms with Gasteiger partial charge in [-0.15, -0.1) is 10.2 Å². The highest BCUT2D eigenvalue weighted by Gasteiger charge is 2.53. The standard InChI is InChI=1S/C19H29N5O4/c25-17(26)1-4-19-11-22(5-6-23-13-20-21-14-23)9-16(19)10-24(12-19)18(27)15-2-7-28-8-3-15/h13-16H,1-12H2,(H,25,26). The van der Waals surface area contributed by atoms with Crippen LogP contribution in [0, 0.1) is 17.3 Å². The molecule has 28 heavy (non-hydrogen) atoms. The maximum absolute atomic E-state index is 13.0. The summed E-state index contributed by atoms with van der Waals surface area (Å²) in [5, 5.41) is 16.9. The van der Waals surface area contributed by atoms with E-state index in [0.717, 1.165) is 45.6 Å². The van der Waals surface area contributed by atoms with E-state index >= 15 is 0 Å². The van der Waals surface area contributed by atoms with E-state index < -0.39 is 5.97 Å². The molecule has 1 aromatic rings. The number of nitrogens with zero attached hydrogens (tertiary/aromatic N) is 5. The normalized spacial score (nSPS) is 28.6. The highest BCUT2D eigenvalue weighted by Crippen LogP contribution is 2.46. The number of carbonyl (C=O) groups is 2. The summed E-state index contributed by atoms with van der Waals surface area (Å²) in [6.07, 6.45) is 5.82. The van der Waals surface area contributed by atoms with Crippen molar-refractivity contribution in [2.45, 2.75) is 32.2 Å². The number of fused-ring (bicyclic) bond motifs is 1. The number of carboxylic acids is 1. The Labute approximate surface area is 164 Å². The Morgan fingerprint density at radius 1 is 1.11 bits per heavy atom. The molecule has 9 nitrogen and oxygen atoms in total. The van der Waals surface area contributed by atoms with Crippen molar-refractivity contribution < 1.29 is 19.4 Å². The smallest absolute Gasteiger partial charge is 0.303 e. The van der Waals surface area contributed by atoms with Crippen molar-refractivity contribution in [3.63, 3.8) is 0 Å². The third-order valence-corrected chi connectivity index (χ3v) is 6.69. The number of amides is 1. The molecule has 0 radical (unpaired) electrons. The van der Waals surface area contributed by atoms with E-state index in [0.29, 0.717) is 32.1 Å². The van der Waals surface area contributed by atoms with Gasteiger partial charge in [0.25, 0.3) is 0 Å². The first kappa shape index (κ1) is 19.3. The summed E-state index contributed by atoms with van der Waals surface area (Å²) >= 11 is 0. The van der Waals surface area contributed by atoms with Crippen molar-refractivity contribution in [3.8, 4) is 0 Å². The molecule has 1 amide bonds. The fourth-order valence-electron chi connectivity index (χ4n) is 5.14. The maximum atomic E-state index is 13.0. The van der Waals surface area contributed by atoms with Crippen molar-refractivity contribution in [2.75, 3.05) is 45.9 Å². The summed E-state index contributed by atoms with van der Waals surface area (Å²) in [6.45, 7) is 6.23. The second kappa shape index (κ2) is 8.16. The van der Waals surface area contributed by atoms with Crippen LogP contribution < -0.4 is 0 Å². The van der Waals surface area contributed by atoms with E-state index in [2.05, 4.69) is 15.1 Å². The second-order valence-electron chi connectivity index (χ2n) is 8.49. The summed E-state index contributed by atoms with van der Waals surface area (Å²) in [7, 11) is 0. The van der Waals surface area contributed by atoms with Gasteiger partial charge in [0.05, 0.1) is 0 Å². The third-order valence-electron chi connectivity index (χ3n) is 6.69. The number of rotatable bonds is 7. The molecule has 154 valence electrons. The minimum absolute atomic E-state index is 0.0638. The van der Waals surface area contributed by atoms with Gasteiger partial charge in [-0.2, -0.15) is 0 Å². The molecule has 4 rings (SSSR count). The zero-order valence-corrected chi connectivity index (χ0v) is 16.2. The lowest BCUT2D eigenvalue weighted by atomic mass is 9.77. The molecule has 3 aliphatic heterocycles. The highest BCUT2D eigenvalue weighted by molar-refractivity contribution is 5.79. The number of likely N-dealkylation sites (tertiary alicyclic amines) is 2. The lowest BCUT2D eigenvalue weighted by molar-refractivity contribution is -0.138. The largest absolute Gasteiger partial charge is 0.481 e. The molecule has 2 atom stereocenters. The van der Waals surface area contributed by atoms with Crippen LogP contribution in [0.4, 0.5) is 0 Å². The quantitative estimate of drug-likeness (QED) is 0.715. The highest BCUT2D eigenvalue weighted by atomic mass is 16.5. The Kier molecular flexibility index (Phi) is 5.63. The van der Waals surface area contributed by atoms with Crippen LogP contribution in [-0.2, 0) is 20.9 Å². The molecule has 9 heteroatoms. The number of carbonyl (C=O) groups excluding carboxylic acids is 1. The van der Waals surface area contributed by atoms with Crippen molar-refractivity contribution in [2.24, 2.45) is 17.3 Å². The van der Waals surface area contributed by atoms with Gasteiger partial charge in [-0.05, 0) is 25.2 Å². The molecular weight excluding hydrogens is 362 g/mol. The fourth-order valence-corrected chi connectivity index (χ4v) is 5.14. The third kappa shape index (κ3) is 4.05. The van der Waals surface area contributed by atoms with E-state index in [1.807, 2.05) is 9.47 Å². The molecule has 4 heterocycles. The summed E-state index contributed by atoms with van der Waals surface area (Å²) < 4.78 is 7.35. The number of hydrogen-bond donors (Lipinski definition) is 1. The van der Waals surface area contributed by atoms with Gasteiger partial charge in [0.2, 0.25) is 5.91 Å². The molecule has 0 aliphatic carbocycles. The van der Waals surface area contributed by atoms with Gasteiger partial charge in [-0.3, -0.25) is 9.59 Å². The van der Waals surface area contributed by atoms with Gasteiger partial charge < -0.3 is 24.2 Å². The van der Waals surface area contributed by atoms with Crippen molar-refractivity contribution in [1.82, 2.24) is 24.6 Å². The van der Waals surface area contributed by atoms with Gasteiger partial charge in [0.1, 0.15) is 12.7 Å². The molecule has 0 saturated carbocycles. The predicted molar refractivity (Wildman–Crippen MR) is 99.4 cm³/mol. The molecule has 3 saturated heterocycles. The van der Waals surface area contributed by atoms with Crippen molar-refractivity contribution in [3.05, 3.63) is 12.7 Å². The predicted octanol–water partition coefficient (Wildman–Crippen LogP) is 0.330. The van der Waals surface area contributed by atoms with Crippen LogP contribution in [-0.4, -0.2) is 87.5 Å². The summed E-state index contributed by atoms with van der Waals surface area (Å²) in [6, 6.07) is 0. The van der Waals surface area contributed by atoms with E-state index in [4.69, 9.17) is 4.74 Å². The molecule has 1 aromatic heterocycles. The Morgan fingerprint density at radius 2 is 1.86 bits per heavy atom. The van der Waals surface area contributed by atoms with E-state index in [9.17, 15) is 14.7 Å². The van der Waals surface area contributed by atoms with Crippen LogP contribution in [0.1, 0.15) is 25.7 Å². The molecule has 1 N–H and O–H groups in total. The van der Waals surface area contributed by atoms with E-state index in [1.54, 1.807) is 12.7 Å². The minimum Gasteiger partial charge on any atom is -0.481 e. The minimum atomic E-state index is -0.759. The van der Waals surface area contributed by atoms with Crippen LogP contribution >= 0.6 is 0 Å². The van der Waals surface area contributed by atoms with Crippen LogP contribution in [0.5, 0.6) is 0 Å². The lowest BCUT2D eigenvalue weighted by Gasteiger charge is -2.31. The first-order chi connectivity index (χ1) is 13.6. The van der Waals surface area contributed by atoms with Crippen LogP contribution in [0.25, 0.3) is 0 Å². The zero-order chi connectivity index (χ0) is 19.6. The molecular formula is C19H29N5O4. The molecule has 3 aliphatic rings. The number of ether oxygens (including phenoxy) is 1. The number of carboxylic acid groups (broad SMARTS) is 1. The van der Waals surface area contributed by atoms with Gasteiger partial charge in [-0.1, -0.05) is 0 Å². The maximum Gasteiger partial charge on any atom is 0.303 e. The Bertz CT molecular complexity index is 691. The summed E-state index contributed by atoms with van der Waals surface area (Å²) in [4.78, 5) is 28.7. The van der Waals surface area contributed by atoms with Gasteiger partial charge in [-0.25, -0.2) is 0 Å². The number of hydrogen-bond acceptors (Lipinski definition) is 6. The molecule has 0 bridgehead atoms. The summed E-state index contributed by atoms with van der Waals surface area (Å²) in [5.41, 5.74) is -0.105. The van der Waals surface area contributed by atoms with Crippen LogP contribution in [0.2, 0.25) is 0 Å². The Hall–Kier alpha value is -2.00. The molecule has 0 aromatic carbocycles.